The van der Waals surface area contributed by atoms with Gasteiger partial charge in [0.1, 0.15) is 0 Å². The van der Waals surface area contributed by atoms with Gasteiger partial charge >= 0.3 is 0 Å². The SMILES string of the molecule is Cc1cc(C)c(C(=O)c2occc2C)cc1C. The second-order valence-electron chi connectivity index (χ2n) is 4.51. The van der Waals surface area contributed by atoms with Gasteiger partial charge in [0.15, 0.2) is 5.76 Å². The van der Waals surface area contributed by atoms with Crippen LogP contribution in [0.25, 0.3) is 0 Å². The van der Waals surface area contributed by atoms with E-state index in [2.05, 4.69) is 6.92 Å². The summed E-state index contributed by atoms with van der Waals surface area (Å²) in [6.07, 6.45) is 1.55. The molecule has 0 unspecified atom stereocenters. The first-order valence-electron chi connectivity index (χ1n) is 5.67. The molecule has 1 heterocycles. The van der Waals surface area contributed by atoms with Gasteiger partial charge in [-0.05, 0) is 62.1 Å². The number of hydrogen-bond acceptors (Lipinski definition) is 2. The van der Waals surface area contributed by atoms with Crippen molar-refractivity contribution in [2.45, 2.75) is 27.7 Å². The van der Waals surface area contributed by atoms with Crippen molar-refractivity contribution in [1.82, 2.24) is 0 Å². The van der Waals surface area contributed by atoms with Gasteiger partial charge in [0, 0.05) is 5.56 Å². The van der Waals surface area contributed by atoms with Gasteiger partial charge < -0.3 is 4.42 Å². The number of ketones is 1. The number of aryl methyl sites for hydroxylation is 4. The third-order valence-electron chi connectivity index (χ3n) is 3.15. The van der Waals surface area contributed by atoms with Crippen LogP contribution in [0.4, 0.5) is 0 Å². The van der Waals surface area contributed by atoms with Crippen molar-refractivity contribution in [3.8, 4) is 0 Å². The largest absolute Gasteiger partial charge is 0.461 e. The molecule has 0 aliphatic carbocycles. The van der Waals surface area contributed by atoms with Crippen LogP contribution in [0, 0.1) is 27.7 Å². The Labute approximate surface area is 101 Å². The average molecular weight is 228 g/mol. The molecule has 0 aliphatic heterocycles. The highest BCUT2D eigenvalue weighted by Gasteiger charge is 2.17. The number of furan rings is 1. The number of rotatable bonds is 2. The summed E-state index contributed by atoms with van der Waals surface area (Å²) in [5.74, 6) is 0.407. The summed E-state index contributed by atoms with van der Waals surface area (Å²) in [5, 5.41) is 0. The minimum absolute atomic E-state index is 0.0342. The highest BCUT2D eigenvalue weighted by atomic mass is 16.3. The predicted molar refractivity (Wildman–Crippen MR) is 67.5 cm³/mol. The molecule has 2 rings (SSSR count). The zero-order valence-electron chi connectivity index (χ0n) is 10.6. The Hall–Kier alpha value is -1.83. The number of carbonyl (C=O) groups excluding carboxylic acids is 1. The number of carbonyl (C=O) groups is 1. The lowest BCUT2D eigenvalue weighted by atomic mass is 9.96. The van der Waals surface area contributed by atoms with E-state index in [1.54, 1.807) is 6.26 Å². The molecule has 0 aliphatic rings. The Balaban J connectivity index is 2.52. The lowest BCUT2D eigenvalue weighted by molar-refractivity contribution is 0.101. The molecule has 0 amide bonds. The van der Waals surface area contributed by atoms with Crippen molar-refractivity contribution >= 4 is 5.78 Å². The van der Waals surface area contributed by atoms with E-state index in [4.69, 9.17) is 4.42 Å². The Morgan fingerprint density at radius 2 is 1.59 bits per heavy atom. The van der Waals surface area contributed by atoms with Gasteiger partial charge in [0.25, 0.3) is 0 Å². The third kappa shape index (κ3) is 2.03. The first kappa shape index (κ1) is 11.6. The molecular formula is C15H16O2. The lowest BCUT2D eigenvalue weighted by Gasteiger charge is -2.08. The molecule has 17 heavy (non-hydrogen) atoms. The summed E-state index contributed by atoms with van der Waals surface area (Å²) < 4.78 is 5.26. The summed E-state index contributed by atoms with van der Waals surface area (Å²) >= 11 is 0. The van der Waals surface area contributed by atoms with E-state index < -0.39 is 0 Å². The molecule has 0 bridgehead atoms. The quantitative estimate of drug-likeness (QED) is 0.733. The van der Waals surface area contributed by atoms with Crippen molar-refractivity contribution in [1.29, 1.82) is 0 Å². The van der Waals surface area contributed by atoms with E-state index in [0.29, 0.717) is 5.76 Å². The van der Waals surface area contributed by atoms with Crippen LogP contribution in [0.15, 0.2) is 28.9 Å². The highest BCUT2D eigenvalue weighted by Crippen LogP contribution is 2.20. The van der Waals surface area contributed by atoms with Crippen LogP contribution in [-0.4, -0.2) is 5.78 Å². The van der Waals surface area contributed by atoms with Crippen LogP contribution >= 0.6 is 0 Å². The summed E-state index contributed by atoms with van der Waals surface area (Å²) in [5.41, 5.74) is 4.94. The maximum atomic E-state index is 12.3. The Morgan fingerprint density at radius 1 is 0.941 bits per heavy atom. The van der Waals surface area contributed by atoms with Crippen LogP contribution < -0.4 is 0 Å². The lowest BCUT2D eigenvalue weighted by Crippen LogP contribution is -2.05. The first-order chi connectivity index (χ1) is 8.00. The minimum Gasteiger partial charge on any atom is -0.461 e. The summed E-state index contributed by atoms with van der Waals surface area (Å²) in [6.45, 7) is 7.90. The number of hydrogen-bond donors (Lipinski definition) is 0. The molecule has 0 N–H and O–H groups in total. The average Bonchev–Trinajstić information content (AvgIpc) is 2.69. The molecule has 0 saturated carbocycles. The van der Waals surface area contributed by atoms with Gasteiger partial charge in [-0.3, -0.25) is 4.79 Å². The van der Waals surface area contributed by atoms with Crippen molar-refractivity contribution in [2.24, 2.45) is 0 Å². The van der Waals surface area contributed by atoms with E-state index in [1.165, 1.54) is 5.56 Å². The second kappa shape index (κ2) is 4.21. The predicted octanol–water partition coefficient (Wildman–Crippen LogP) is 3.74. The van der Waals surface area contributed by atoms with Crippen molar-refractivity contribution in [2.75, 3.05) is 0 Å². The molecular weight excluding hydrogens is 212 g/mol. The molecule has 2 aromatic rings. The van der Waals surface area contributed by atoms with E-state index in [9.17, 15) is 4.79 Å². The fraction of sp³-hybridized carbons (Fsp3) is 0.267. The molecule has 1 aromatic heterocycles. The molecule has 2 heteroatoms. The van der Waals surface area contributed by atoms with Crippen molar-refractivity contribution < 1.29 is 9.21 Å². The summed E-state index contributed by atoms with van der Waals surface area (Å²) in [7, 11) is 0. The Kier molecular flexibility index (Phi) is 2.88. The Bertz CT molecular complexity index is 577. The molecule has 0 fully saturated rings. The highest BCUT2D eigenvalue weighted by molar-refractivity contribution is 6.09. The van der Waals surface area contributed by atoms with Gasteiger partial charge in [-0.2, -0.15) is 0 Å². The molecule has 1 aromatic carbocycles. The van der Waals surface area contributed by atoms with Gasteiger partial charge in [0.05, 0.1) is 6.26 Å². The standard InChI is InChI=1S/C15H16O2/c1-9-5-6-17-15(9)14(16)13-8-11(3)10(2)7-12(13)4/h5-8H,1-4H3. The molecule has 2 nitrogen and oxygen atoms in total. The maximum Gasteiger partial charge on any atom is 0.228 e. The van der Waals surface area contributed by atoms with E-state index in [-0.39, 0.29) is 5.78 Å². The zero-order valence-corrected chi connectivity index (χ0v) is 10.6. The minimum atomic E-state index is -0.0342. The van der Waals surface area contributed by atoms with Gasteiger partial charge in [-0.1, -0.05) is 6.07 Å². The third-order valence-corrected chi connectivity index (χ3v) is 3.15. The molecule has 0 saturated heterocycles. The van der Waals surface area contributed by atoms with Crippen LogP contribution in [0.2, 0.25) is 0 Å². The summed E-state index contributed by atoms with van der Waals surface area (Å²) in [6, 6.07) is 5.79. The zero-order chi connectivity index (χ0) is 12.6. The smallest absolute Gasteiger partial charge is 0.228 e. The topological polar surface area (TPSA) is 30.2 Å². The first-order valence-corrected chi connectivity index (χ1v) is 5.67. The van der Waals surface area contributed by atoms with Gasteiger partial charge in [0.2, 0.25) is 5.78 Å². The van der Waals surface area contributed by atoms with Crippen LogP contribution in [0.5, 0.6) is 0 Å². The molecule has 0 radical (unpaired) electrons. The van der Waals surface area contributed by atoms with Gasteiger partial charge in [-0.25, -0.2) is 0 Å². The van der Waals surface area contributed by atoms with E-state index >= 15 is 0 Å². The fourth-order valence-corrected chi connectivity index (χ4v) is 1.93. The Morgan fingerprint density at radius 3 is 2.18 bits per heavy atom. The second-order valence-corrected chi connectivity index (χ2v) is 4.51. The summed E-state index contributed by atoms with van der Waals surface area (Å²) in [4.78, 5) is 12.3. The molecule has 88 valence electrons. The molecule has 0 spiro atoms. The van der Waals surface area contributed by atoms with E-state index in [1.807, 2.05) is 39.0 Å². The van der Waals surface area contributed by atoms with Crippen LogP contribution in [0.3, 0.4) is 0 Å². The normalized spacial score (nSPS) is 10.6. The van der Waals surface area contributed by atoms with Crippen LogP contribution in [-0.2, 0) is 0 Å². The monoisotopic (exact) mass is 228 g/mol. The van der Waals surface area contributed by atoms with Crippen molar-refractivity contribution in [3.05, 3.63) is 58.0 Å². The molecule has 0 atom stereocenters. The van der Waals surface area contributed by atoms with Crippen molar-refractivity contribution in [3.63, 3.8) is 0 Å². The number of benzene rings is 1. The van der Waals surface area contributed by atoms with Gasteiger partial charge in [-0.15, -0.1) is 0 Å². The van der Waals surface area contributed by atoms with Crippen LogP contribution in [0.1, 0.15) is 38.4 Å². The maximum absolute atomic E-state index is 12.3. The van der Waals surface area contributed by atoms with E-state index in [0.717, 1.165) is 22.3 Å². The fourth-order valence-electron chi connectivity index (χ4n) is 1.93.